The lowest BCUT2D eigenvalue weighted by molar-refractivity contribution is 0.274. The van der Waals surface area contributed by atoms with Crippen LogP contribution in [0.25, 0.3) is 0 Å². The summed E-state index contributed by atoms with van der Waals surface area (Å²) in [6.07, 6.45) is 24.8. The molecule has 2 nitrogen and oxygen atoms in total. The van der Waals surface area contributed by atoms with E-state index in [-0.39, 0.29) is 0 Å². The largest absolute Gasteiger partial charge is 0.311 e. The predicted molar refractivity (Wildman–Crippen MR) is 110 cm³/mol. The smallest absolute Gasteiger partial charge is 0.138 e. The average molecular weight is 363 g/mol. The molecule has 3 heteroatoms. The molecule has 0 aromatic rings. The van der Waals surface area contributed by atoms with Gasteiger partial charge in [-0.25, -0.2) is 0 Å². The molecule has 144 valence electrons. The topological polar surface area (TPSA) is 15.3 Å². The van der Waals surface area contributed by atoms with Crippen LogP contribution in [0.5, 0.6) is 0 Å². The van der Waals surface area contributed by atoms with E-state index in [9.17, 15) is 0 Å². The first-order valence-electron chi connectivity index (χ1n) is 11.9. The highest BCUT2D eigenvalue weighted by Crippen LogP contribution is 2.58. The number of rotatable bonds is 4. The lowest BCUT2D eigenvalue weighted by Gasteiger charge is -2.59. The fourth-order valence-corrected chi connectivity index (χ4v) is 16.0. The lowest BCUT2D eigenvalue weighted by atomic mass is 9.98. The van der Waals surface area contributed by atoms with E-state index in [1.165, 1.54) is 45.4 Å². The van der Waals surface area contributed by atoms with Crippen molar-refractivity contribution >= 4 is 8.24 Å². The van der Waals surface area contributed by atoms with Gasteiger partial charge in [-0.05, 0) is 36.1 Å². The predicted octanol–water partition coefficient (Wildman–Crippen LogP) is 6.19. The summed E-state index contributed by atoms with van der Waals surface area (Å²) in [6, 6.07) is 0. The first kappa shape index (κ1) is 18.5. The SMILES string of the molecule is C1CCC([Si](C2CCCCC2)(C2CCCCC2)N2CCCNC2)CC1. The summed E-state index contributed by atoms with van der Waals surface area (Å²) in [4.78, 5) is 0. The second-order valence-electron chi connectivity index (χ2n) is 9.67. The second-order valence-corrected chi connectivity index (χ2v) is 14.5. The molecule has 25 heavy (non-hydrogen) atoms. The van der Waals surface area contributed by atoms with Crippen LogP contribution in [-0.4, -0.2) is 32.6 Å². The first-order valence-corrected chi connectivity index (χ1v) is 14.1. The summed E-state index contributed by atoms with van der Waals surface area (Å²) in [7, 11) is -1.42. The van der Waals surface area contributed by atoms with Gasteiger partial charge < -0.3 is 9.88 Å². The van der Waals surface area contributed by atoms with E-state index in [0.717, 1.165) is 16.6 Å². The molecule has 0 radical (unpaired) electrons. The number of nitrogens with one attached hydrogen (secondary N) is 1. The molecule has 4 fully saturated rings. The quantitative estimate of drug-likeness (QED) is 0.600. The van der Waals surface area contributed by atoms with Crippen LogP contribution in [0.15, 0.2) is 0 Å². The molecule has 0 spiro atoms. The molecule has 0 atom stereocenters. The summed E-state index contributed by atoms with van der Waals surface area (Å²) in [6.45, 7) is 3.94. The van der Waals surface area contributed by atoms with Crippen molar-refractivity contribution in [1.29, 1.82) is 0 Å². The summed E-state index contributed by atoms with van der Waals surface area (Å²) in [5, 5.41) is 3.82. The Bertz CT molecular complexity index is 311. The van der Waals surface area contributed by atoms with E-state index in [1.54, 1.807) is 77.0 Å². The molecule has 0 unspecified atom stereocenters. The van der Waals surface area contributed by atoms with E-state index in [2.05, 4.69) is 9.88 Å². The van der Waals surface area contributed by atoms with Crippen molar-refractivity contribution in [2.24, 2.45) is 0 Å². The van der Waals surface area contributed by atoms with Crippen molar-refractivity contribution in [1.82, 2.24) is 9.88 Å². The van der Waals surface area contributed by atoms with Gasteiger partial charge in [0, 0.05) is 6.67 Å². The van der Waals surface area contributed by atoms with E-state index in [1.807, 2.05) is 0 Å². The zero-order valence-electron chi connectivity index (χ0n) is 16.6. The number of nitrogens with zero attached hydrogens (tertiary/aromatic N) is 1. The third-order valence-electron chi connectivity index (χ3n) is 8.41. The van der Waals surface area contributed by atoms with Gasteiger partial charge in [-0.15, -0.1) is 0 Å². The highest BCUT2D eigenvalue weighted by molar-refractivity contribution is 6.81. The Kier molecular flexibility index (Phi) is 6.57. The lowest BCUT2D eigenvalue weighted by Crippen LogP contribution is -2.67. The van der Waals surface area contributed by atoms with Crippen LogP contribution in [0.3, 0.4) is 0 Å². The van der Waals surface area contributed by atoms with Crippen LogP contribution >= 0.6 is 0 Å². The molecule has 1 heterocycles. The third kappa shape index (κ3) is 3.75. The maximum atomic E-state index is 3.82. The highest BCUT2D eigenvalue weighted by Gasteiger charge is 2.56. The van der Waals surface area contributed by atoms with Crippen molar-refractivity contribution in [3.05, 3.63) is 0 Å². The van der Waals surface area contributed by atoms with Gasteiger partial charge in [0.1, 0.15) is 8.24 Å². The standard InChI is InChI=1S/C22H42N2Si/c1-4-11-20(12-5-1)25(21-13-6-2-7-14-21,22-15-8-3-9-16-22)24-18-10-17-23-19-24/h20-23H,1-19H2. The molecule has 1 N–H and O–H groups in total. The molecular weight excluding hydrogens is 320 g/mol. The number of hydrogen-bond donors (Lipinski definition) is 1. The molecule has 4 rings (SSSR count). The minimum atomic E-state index is -1.42. The van der Waals surface area contributed by atoms with Crippen LogP contribution in [0.1, 0.15) is 103 Å². The molecule has 0 aromatic heterocycles. The molecule has 3 saturated carbocycles. The zero-order valence-corrected chi connectivity index (χ0v) is 17.6. The van der Waals surface area contributed by atoms with Crippen LogP contribution in [0.2, 0.25) is 16.6 Å². The zero-order chi connectivity index (χ0) is 17.0. The molecule has 0 amide bonds. The Morgan fingerprint density at radius 2 is 1.00 bits per heavy atom. The molecule has 1 aliphatic heterocycles. The fourth-order valence-electron chi connectivity index (χ4n) is 7.49. The van der Waals surface area contributed by atoms with Gasteiger partial charge in [0.05, 0.1) is 0 Å². The maximum Gasteiger partial charge on any atom is 0.138 e. The second kappa shape index (κ2) is 8.88. The normalized spacial score (nSPS) is 29.8. The summed E-state index contributed by atoms with van der Waals surface area (Å²) < 4.78 is 3.18. The van der Waals surface area contributed by atoms with Crippen molar-refractivity contribution in [2.45, 2.75) is 119 Å². The van der Waals surface area contributed by atoms with Gasteiger partial charge in [0.15, 0.2) is 0 Å². The Balaban J connectivity index is 1.70. The van der Waals surface area contributed by atoms with Gasteiger partial charge in [0.25, 0.3) is 0 Å². The van der Waals surface area contributed by atoms with Crippen molar-refractivity contribution in [2.75, 3.05) is 19.8 Å². The van der Waals surface area contributed by atoms with E-state index >= 15 is 0 Å². The Labute approximate surface area is 157 Å². The van der Waals surface area contributed by atoms with Crippen LogP contribution in [0.4, 0.5) is 0 Å². The average Bonchev–Trinajstić information content (AvgIpc) is 2.72. The first-order chi connectivity index (χ1) is 12.4. The van der Waals surface area contributed by atoms with Crippen LogP contribution < -0.4 is 5.32 Å². The highest BCUT2D eigenvalue weighted by atomic mass is 28.3. The molecule has 4 aliphatic rings. The van der Waals surface area contributed by atoms with Gasteiger partial charge in [-0.3, -0.25) is 0 Å². The van der Waals surface area contributed by atoms with E-state index in [0.29, 0.717) is 0 Å². The molecular formula is C22H42N2Si. The Morgan fingerprint density at radius 3 is 1.36 bits per heavy atom. The Morgan fingerprint density at radius 1 is 0.560 bits per heavy atom. The van der Waals surface area contributed by atoms with Gasteiger partial charge >= 0.3 is 0 Å². The molecule has 3 aliphatic carbocycles. The summed E-state index contributed by atoms with van der Waals surface area (Å²) >= 11 is 0. The van der Waals surface area contributed by atoms with Crippen LogP contribution in [0, 0.1) is 0 Å². The van der Waals surface area contributed by atoms with Crippen molar-refractivity contribution in [3.8, 4) is 0 Å². The molecule has 0 aromatic carbocycles. The minimum absolute atomic E-state index is 1.13. The van der Waals surface area contributed by atoms with Crippen molar-refractivity contribution in [3.63, 3.8) is 0 Å². The molecule has 0 bridgehead atoms. The van der Waals surface area contributed by atoms with E-state index < -0.39 is 8.24 Å². The molecule has 1 saturated heterocycles. The summed E-state index contributed by atoms with van der Waals surface area (Å²) in [5.41, 5.74) is 3.40. The monoisotopic (exact) mass is 362 g/mol. The number of hydrogen-bond acceptors (Lipinski definition) is 2. The third-order valence-corrected chi connectivity index (χ3v) is 15.5. The van der Waals surface area contributed by atoms with E-state index in [4.69, 9.17) is 0 Å². The van der Waals surface area contributed by atoms with Crippen LogP contribution in [-0.2, 0) is 0 Å². The van der Waals surface area contributed by atoms with Crippen molar-refractivity contribution < 1.29 is 0 Å². The van der Waals surface area contributed by atoms with Gasteiger partial charge in [-0.1, -0.05) is 96.3 Å². The maximum absolute atomic E-state index is 3.82. The minimum Gasteiger partial charge on any atom is -0.311 e. The Hall–Kier alpha value is 0.137. The van der Waals surface area contributed by atoms with Gasteiger partial charge in [-0.2, -0.15) is 0 Å². The summed E-state index contributed by atoms with van der Waals surface area (Å²) in [5.74, 6) is 0. The fraction of sp³-hybridized carbons (Fsp3) is 1.00. The van der Waals surface area contributed by atoms with Gasteiger partial charge in [0.2, 0.25) is 0 Å².